The summed E-state index contributed by atoms with van der Waals surface area (Å²) in [5.41, 5.74) is 1.72. The van der Waals surface area contributed by atoms with Crippen molar-refractivity contribution in [3.63, 3.8) is 0 Å². The summed E-state index contributed by atoms with van der Waals surface area (Å²) in [7, 11) is 0. The molecule has 0 saturated carbocycles. The van der Waals surface area contributed by atoms with Crippen LogP contribution in [0.4, 0.5) is 10.1 Å². The van der Waals surface area contributed by atoms with E-state index in [1.54, 1.807) is 6.07 Å². The van der Waals surface area contributed by atoms with Gasteiger partial charge in [-0.3, -0.25) is 4.79 Å². The van der Waals surface area contributed by atoms with Crippen molar-refractivity contribution in [3.8, 4) is 0 Å². The molecule has 3 rings (SSSR count). The van der Waals surface area contributed by atoms with Gasteiger partial charge in [-0.05, 0) is 6.07 Å². The second-order valence-corrected chi connectivity index (χ2v) is 5.61. The number of nitrogens with zero attached hydrogens (tertiary/aromatic N) is 2. The Bertz CT molecular complexity index is 670. The minimum absolute atomic E-state index is 0.0847. The van der Waals surface area contributed by atoms with Crippen molar-refractivity contribution in [3.05, 3.63) is 17.9 Å². The predicted octanol–water partition coefficient (Wildman–Crippen LogP) is 1.72. The van der Waals surface area contributed by atoms with Crippen LogP contribution in [0.5, 0.6) is 0 Å². The number of benzene rings is 1. The van der Waals surface area contributed by atoms with Crippen molar-refractivity contribution >= 4 is 34.5 Å². The number of imidazole rings is 1. The van der Waals surface area contributed by atoms with E-state index in [0.717, 1.165) is 11.8 Å². The number of anilines is 1. The average Bonchev–Trinajstić information content (AvgIpc) is 2.87. The minimum Gasteiger partial charge on any atom is -0.481 e. The first-order valence-corrected chi connectivity index (χ1v) is 7.48. The number of aliphatic carboxylic acids is 1. The fraction of sp³-hybridized carbons (Fsp3) is 0.385. The fourth-order valence-electron chi connectivity index (χ4n) is 2.24. The molecule has 1 aromatic carbocycles. The molecule has 0 atom stereocenters. The lowest BCUT2D eigenvalue weighted by Gasteiger charge is -2.29. The summed E-state index contributed by atoms with van der Waals surface area (Å²) in [6.45, 7) is 2.47. The largest absolute Gasteiger partial charge is 0.481 e. The highest BCUT2D eigenvalue weighted by Crippen LogP contribution is 2.27. The monoisotopic (exact) mass is 311 g/mol. The number of carbonyl (C=O) groups is 1. The number of hydrogen-bond donors (Lipinski definition) is 2. The molecule has 2 N–H and O–H groups in total. The first-order chi connectivity index (χ1) is 10.1. The van der Waals surface area contributed by atoms with Crippen LogP contribution >= 0.6 is 11.8 Å². The van der Waals surface area contributed by atoms with Crippen molar-refractivity contribution in [2.24, 2.45) is 0 Å². The Morgan fingerprint density at radius 3 is 2.95 bits per heavy atom. The number of thioether (sulfide) groups is 1. The molecule has 1 aliphatic rings. The molecular formula is C13H14FN3O3S. The van der Waals surface area contributed by atoms with Crippen LogP contribution in [0.15, 0.2) is 17.3 Å². The summed E-state index contributed by atoms with van der Waals surface area (Å²) in [6.07, 6.45) is 0. The molecule has 21 heavy (non-hydrogen) atoms. The molecule has 6 nitrogen and oxygen atoms in total. The van der Waals surface area contributed by atoms with Crippen LogP contribution in [-0.4, -0.2) is 53.1 Å². The van der Waals surface area contributed by atoms with E-state index in [2.05, 4.69) is 9.97 Å². The van der Waals surface area contributed by atoms with E-state index < -0.39 is 5.97 Å². The average molecular weight is 311 g/mol. The summed E-state index contributed by atoms with van der Waals surface area (Å²) in [6, 6.07) is 3.09. The van der Waals surface area contributed by atoms with Crippen molar-refractivity contribution < 1.29 is 19.0 Å². The Hall–Kier alpha value is -1.80. The molecule has 1 aliphatic heterocycles. The van der Waals surface area contributed by atoms with E-state index in [9.17, 15) is 9.18 Å². The maximum Gasteiger partial charge on any atom is 0.313 e. The lowest BCUT2D eigenvalue weighted by Crippen LogP contribution is -2.36. The van der Waals surface area contributed by atoms with Gasteiger partial charge in [0.2, 0.25) is 0 Å². The van der Waals surface area contributed by atoms with Crippen molar-refractivity contribution in [1.29, 1.82) is 0 Å². The summed E-state index contributed by atoms with van der Waals surface area (Å²) in [5.74, 6) is -1.33. The van der Waals surface area contributed by atoms with Gasteiger partial charge in [-0.15, -0.1) is 0 Å². The zero-order valence-corrected chi connectivity index (χ0v) is 12.0. The van der Waals surface area contributed by atoms with Crippen LogP contribution in [0.2, 0.25) is 0 Å². The number of fused-ring (bicyclic) bond motifs is 1. The quantitative estimate of drug-likeness (QED) is 0.837. The molecule has 0 spiro atoms. The number of carboxylic acids is 1. The topological polar surface area (TPSA) is 78.4 Å². The number of ether oxygens (including phenoxy) is 1. The molecule has 0 bridgehead atoms. The normalized spacial score (nSPS) is 15.6. The third-order valence-electron chi connectivity index (χ3n) is 3.21. The van der Waals surface area contributed by atoms with Crippen LogP contribution in [0, 0.1) is 5.82 Å². The van der Waals surface area contributed by atoms with Crippen molar-refractivity contribution in [2.75, 3.05) is 37.0 Å². The number of aromatic nitrogens is 2. The van der Waals surface area contributed by atoms with E-state index in [1.807, 2.05) is 4.90 Å². The van der Waals surface area contributed by atoms with Gasteiger partial charge in [-0.1, -0.05) is 11.8 Å². The number of aromatic amines is 1. The third kappa shape index (κ3) is 3.11. The standard InChI is InChI=1S/C13H14FN3O3S/c14-8-5-9-10(16-13(15-9)21-7-12(18)19)6-11(8)17-1-3-20-4-2-17/h5-6H,1-4,7H2,(H,15,16)(H,18,19). The smallest absolute Gasteiger partial charge is 0.313 e. The number of rotatable bonds is 4. The van der Waals surface area contributed by atoms with Gasteiger partial charge in [0.1, 0.15) is 5.82 Å². The van der Waals surface area contributed by atoms with Crippen LogP contribution in [0.3, 0.4) is 0 Å². The Labute approximate surface area is 124 Å². The number of hydrogen-bond acceptors (Lipinski definition) is 5. The number of nitrogens with one attached hydrogen (secondary N) is 1. The first-order valence-electron chi connectivity index (χ1n) is 6.50. The summed E-state index contributed by atoms with van der Waals surface area (Å²) < 4.78 is 19.5. The fourth-order valence-corrected chi connectivity index (χ4v) is 2.85. The number of halogens is 1. The van der Waals surface area contributed by atoms with E-state index in [-0.39, 0.29) is 11.6 Å². The summed E-state index contributed by atoms with van der Waals surface area (Å²) in [4.78, 5) is 19.7. The van der Waals surface area contributed by atoms with Gasteiger partial charge in [0.25, 0.3) is 0 Å². The van der Waals surface area contributed by atoms with E-state index in [1.165, 1.54) is 6.07 Å². The molecule has 1 fully saturated rings. The first kappa shape index (κ1) is 14.2. The van der Waals surface area contributed by atoms with Crippen LogP contribution in [0.1, 0.15) is 0 Å². The zero-order valence-electron chi connectivity index (χ0n) is 11.1. The lowest BCUT2D eigenvalue weighted by atomic mass is 10.2. The number of carboxylic acid groups (broad SMARTS) is 1. The van der Waals surface area contributed by atoms with E-state index >= 15 is 0 Å². The van der Waals surface area contributed by atoms with Gasteiger partial charge in [0.05, 0.1) is 35.7 Å². The lowest BCUT2D eigenvalue weighted by molar-refractivity contribution is -0.133. The molecule has 0 aliphatic carbocycles. The highest BCUT2D eigenvalue weighted by atomic mass is 32.2. The highest BCUT2D eigenvalue weighted by molar-refractivity contribution is 7.99. The Morgan fingerprint density at radius 2 is 2.24 bits per heavy atom. The van der Waals surface area contributed by atoms with Crippen LogP contribution < -0.4 is 4.90 Å². The summed E-state index contributed by atoms with van der Waals surface area (Å²) in [5, 5.41) is 9.14. The van der Waals surface area contributed by atoms with Crippen LogP contribution in [-0.2, 0) is 9.53 Å². The molecule has 0 unspecified atom stereocenters. The Morgan fingerprint density at radius 1 is 1.48 bits per heavy atom. The maximum absolute atomic E-state index is 14.2. The summed E-state index contributed by atoms with van der Waals surface area (Å²) >= 11 is 1.08. The van der Waals surface area contributed by atoms with Gasteiger partial charge >= 0.3 is 5.97 Å². The van der Waals surface area contributed by atoms with Gasteiger partial charge in [0, 0.05) is 19.2 Å². The molecule has 1 saturated heterocycles. The van der Waals surface area contributed by atoms with Gasteiger partial charge in [-0.25, -0.2) is 9.37 Å². The highest BCUT2D eigenvalue weighted by Gasteiger charge is 2.17. The molecule has 0 radical (unpaired) electrons. The van der Waals surface area contributed by atoms with Crippen molar-refractivity contribution in [2.45, 2.75) is 5.16 Å². The Balaban J connectivity index is 1.88. The maximum atomic E-state index is 14.2. The van der Waals surface area contributed by atoms with E-state index in [0.29, 0.717) is 48.2 Å². The minimum atomic E-state index is -0.916. The molecule has 1 aromatic heterocycles. The third-order valence-corrected chi connectivity index (χ3v) is 4.07. The van der Waals surface area contributed by atoms with E-state index in [4.69, 9.17) is 9.84 Å². The zero-order chi connectivity index (χ0) is 14.8. The van der Waals surface area contributed by atoms with Crippen molar-refractivity contribution in [1.82, 2.24) is 9.97 Å². The van der Waals surface area contributed by atoms with Crippen LogP contribution in [0.25, 0.3) is 11.0 Å². The molecule has 2 heterocycles. The molecule has 8 heteroatoms. The molecular weight excluding hydrogens is 297 g/mol. The second-order valence-electron chi connectivity index (χ2n) is 4.64. The molecule has 2 aromatic rings. The van der Waals surface area contributed by atoms with Gasteiger partial charge < -0.3 is 19.7 Å². The number of H-pyrrole nitrogens is 1. The van der Waals surface area contributed by atoms with Gasteiger partial charge in [-0.2, -0.15) is 0 Å². The molecule has 0 amide bonds. The molecule has 112 valence electrons. The SMILES string of the molecule is O=C(O)CSc1nc2cc(F)c(N3CCOCC3)cc2[nH]1. The second kappa shape index (κ2) is 5.90. The predicted molar refractivity (Wildman–Crippen MR) is 77.4 cm³/mol. The van der Waals surface area contributed by atoms with Gasteiger partial charge in [0.15, 0.2) is 5.16 Å². The Kier molecular flexibility index (Phi) is 3.98. The number of morpholine rings is 1.